The maximum absolute atomic E-state index is 11.6. The molecular formula is C12H24ClNO4. The van der Waals surface area contributed by atoms with Crippen molar-refractivity contribution in [1.82, 2.24) is 0 Å². The van der Waals surface area contributed by atoms with Crippen molar-refractivity contribution >= 4 is 11.9 Å². The number of ether oxygens (including phenoxy) is 1. The molecule has 0 spiro atoms. The molecule has 0 aliphatic carbocycles. The number of carbonyl (C=O) groups is 2. The Bertz CT molecular complexity index is 359. The van der Waals surface area contributed by atoms with E-state index in [4.69, 9.17) is 14.0 Å². The standard InChI is InChI=1S/C12H23NO4.ClH/c1-9(2)6-12(16)17-10(7-11(14)15)8-13(3,4)5;/h9-10H,6-8H2,1-5H3;1H/i3D3;. The van der Waals surface area contributed by atoms with E-state index in [1.54, 1.807) is 0 Å². The lowest BCUT2D eigenvalue weighted by Gasteiger charge is -2.28. The van der Waals surface area contributed by atoms with Gasteiger partial charge in [0.1, 0.15) is 6.54 Å². The van der Waals surface area contributed by atoms with Gasteiger partial charge in [0.2, 0.25) is 0 Å². The van der Waals surface area contributed by atoms with Crippen LogP contribution in [-0.4, -0.2) is 55.2 Å². The van der Waals surface area contributed by atoms with Gasteiger partial charge in [-0.15, -0.1) is 0 Å². The monoisotopic (exact) mass is 284 g/mol. The van der Waals surface area contributed by atoms with Gasteiger partial charge in [-0.25, -0.2) is 0 Å². The molecule has 0 aliphatic rings. The molecule has 0 fully saturated rings. The van der Waals surface area contributed by atoms with Gasteiger partial charge in [0, 0.05) is 6.42 Å². The number of aliphatic carboxylic acids is 1. The second kappa shape index (κ2) is 8.32. The van der Waals surface area contributed by atoms with Gasteiger partial charge in [-0.05, 0) is 5.92 Å². The Balaban J connectivity index is 0. The zero-order valence-corrected chi connectivity index (χ0v) is 12.0. The summed E-state index contributed by atoms with van der Waals surface area (Å²) in [7, 11) is 2.91. The van der Waals surface area contributed by atoms with Crippen LogP contribution in [0.15, 0.2) is 0 Å². The molecule has 0 heterocycles. The van der Waals surface area contributed by atoms with E-state index in [1.807, 2.05) is 13.8 Å². The van der Waals surface area contributed by atoms with E-state index in [1.165, 1.54) is 14.1 Å². The zero-order valence-electron chi connectivity index (χ0n) is 14.3. The first-order chi connectivity index (χ1) is 8.85. The largest absolute Gasteiger partial charge is 1.00 e. The normalized spacial score (nSPS) is 15.9. The molecule has 0 saturated heterocycles. The predicted octanol–water partition coefficient (Wildman–Crippen LogP) is -1.87. The molecule has 0 aliphatic heterocycles. The van der Waals surface area contributed by atoms with Gasteiger partial charge in [0.05, 0.1) is 31.6 Å². The summed E-state index contributed by atoms with van der Waals surface area (Å²) in [4.78, 5) is 22.4. The Morgan fingerprint density at radius 3 is 2.28 bits per heavy atom. The molecule has 1 atom stereocenters. The Morgan fingerprint density at radius 1 is 1.33 bits per heavy atom. The van der Waals surface area contributed by atoms with Crippen LogP contribution < -0.4 is 12.4 Å². The predicted molar refractivity (Wildman–Crippen MR) is 64.5 cm³/mol. The first-order valence-corrected chi connectivity index (χ1v) is 5.59. The van der Waals surface area contributed by atoms with Gasteiger partial charge in [0.15, 0.2) is 6.10 Å². The number of rotatable bonds is 7. The number of esters is 1. The number of likely N-dealkylation sites (N-methyl/N-ethyl adjacent to an activating group) is 1. The van der Waals surface area contributed by atoms with Crippen LogP contribution in [0.3, 0.4) is 0 Å². The molecule has 6 heteroatoms. The minimum absolute atomic E-state index is 0. The van der Waals surface area contributed by atoms with Crippen LogP contribution in [0.25, 0.3) is 0 Å². The summed E-state index contributed by atoms with van der Waals surface area (Å²) >= 11 is 0. The molecule has 0 bridgehead atoms. The number of hydrogen-bond acceptors (Lipinski definition) is 3. The minimum atomic E-state index is -2.30. The SMILES string of the molecule is [2H]C([2H])([2H])[N+](C)(C)CC(CC(=O)O)OC(=O)CC(C)C.[Cl-]. The second-order valence-electron chi connectivity index (χ2n) is 5.18. The molecule has 5 nitrogen and oxygen atoms in total. The highest BCUT2D eigenvalue weighted by atomic mass is 35.5. The quantitative estimate of drug-likeness (QED) is 0.439. The van der Waals surface area contributed by atoms with Gasteiger partial charge in [-0.1, -0.05) is 13.8 Å². The molecule has 0 saturated carbocycles. The lowest BCUT2D eigenvalue weighted by Crippen LogP contribution is -3.00. The maximum Gasteiger partial charge on any atom is 0.307 e. The van der Waals surface area contributed by atoms with E-state index >= 15 is 0 Å². The van der Waals surface area contributed by atoms with Crippen LogP contribution in [0.1, 0.15) is 30.8 Å². The third-order valence-corrected chi connectivity index (χ3v) is 1.94. The van der Waals surface area contributed by atoms with Crippen molar-refractivity contribution < 1.29 is 40.4 Å². The summed E-state index contributed by atoms with van der Waals surface area (Å²) in [5.74, 6) is -1.53. The molecule has 1 unspecified atom stereocenters. The van der Waals surface area contributed by atoms with Crippen molar-refractivity contribution in [2.75, 3.05) is 27.6 Å². The van der Waals surface area contributed by atoms with Gasteiger partial charge < -0.3 is 26.7 Å². The summed E-state index contributed by atoms with van der Waals surface area (Å²) in [6.07, 6.45) is -1.17. The first-order valence-electron chi connectivity index (χ1n) is 7.09. The molecule has 0 aromatic rings. The van der Waals surface area contributed by atoms with Gasteiger partial charge in [0.25, 0.3) is 0 Å². The van der Waals surface area contributed by atoms with Crippen LogP contribution in [0.4, 0.5) is 0 Å². The summed E-state index contributed by atoms with van der Waals surface area (Å²) in [5.41, 5.74) is 0. The average Bonchev–Trinajstić information content (AvgIpc) is 2.10. The van der Waals surface area contributed by atoms with Crippen molar-refractivity contribution in [1.29, 1.82) is 0 Å². The lowest BCUT2D eigenvalue weighted by atomic mass is 10.1. The fourth-order valence-electron chi connectivity index (χ4n) is 1.41. The molecule has 108 valence electrons. The number of carboxylic acids is 1. The number of hydrogen-bond donors (Lipinski definition) is 1. The zero-order chi connectivity index (χ0) is 16.1. The Hall–Kier alpha value is -0.810. The smallest absolute Gasteiger partial charge is 0.307 e. The topological polar surface area (TPSA) is 63.6 Å². The molecule has 18 heavy (non-hydrogen) atoms. The lowest BCUT2D eigenvalue weighted by molar-refractivity contribution is -0.873. The Labute approximate surface area is 119 Å². The number of quaternary nitrogens is 1. The minimum Gasteiger partial charge on any atom is -1.00 e. The number of carboxylic acid groups (broad SMARTS) is 1. The fraction of sp³-hybridized carbons (Fsp3) is 0.833. The average molecular weight is 285 g/mol. The molecular weight excluding hydrogens is 258 g/mol. The van der Waals surface area contributed by atoms with Crippen molar-refractivity contribution in [2.24, 2.45) is 5.92 Å². The van der Waals surface area contributed by atoms with Gasteiger partial charge in [-0.3, -0.25) is 9.59 Å². The molecule has 0 amide bonds. The third kappa shape index (κ3) is 11.7. The summed E-state index contributed by atoms with van der Waals surface area (Å²) in [5, 5.41) is 8.84. The molecule has 0 radical (unpaired) electrons. The Kier molecular flexibility index (Phi) is 6.29. The van der Waals surface area contributed by atoms with E-state index < -0.39 is 35.9 Å². The van der Waals surface area contributed by atoms with Crippen molar-refractivity contribution in [2.45, 2.75) is 32.8 Å². The van der Waals surface area contributed by atoms with Gasteiger partial charge >= 0.3 is 11.9 Å². The van der Waals surface area contributed by atoms with Crippen molar-refractivity contribution in [3.05, 3.63) is 0 Å². The Morgan fingerprint density at radius 2 is 1.89 bits per heavy atom. The second-order valence-corrected chi connectivity index (χ2v) is 5.18. The maximum atomic E-state index is 11.6. The highest BCUT2D eigenvalue weighted by molar-refractivity contribution is 5.71. The summed E-state index contributed by atoms with van der Waals surface area (Å²) in [6.45, 7) is 1.31. The highest BCUT2D eigenvalue weighted by Crippen LogP contribution is 2.09. The van der Waals surface area contributed by atoms with E-state index in [-0.39, 0.29) is 31.3 Å². The summed E-state index contributed by atoms with van der Waals surface area (Å²) < 4.78 is 27.0. The van der Waals surface area contributed by atoms with Crippen LogP contribution in [0.2, 0.25) is 0 Å². The third-order valence-electron chi connectivity index (χ3n) is 1.94. The fourth-order valence-corrected chi connectivity index (χ4v) is 1.41. The van der Waals surface area contributed by atoms with E-state index in [2.05, 4.69) is 0 Å². The highest BCUT2D eigenvalue weighted by Gasteiger charge is 2.24. The number of halogens is 1. The molecule has 1 N–H and O–H groups in total. The van der Waals surface area contributed by atoms with Crippen LogP contribution in [-0.2, 0) is 14.3 Å². The van der Waals surface area contributed by atoms with E-state index in [0.717, 1.165) is 0 Å². The molecule has 0 aromatic carbocycles. The molecule has 0 aromatic heterocycles. The van der Waals surface area contributed by atoms with Crippen LogP contribution in [0.5, 0.6) is 0 Å². The van der Waals surface area contributed by atoms with Crippen LogP contribution in [0, 0.1) is 5.92 Å². The first kappa shape index (κ1) is 13.6. The van der Waals surface area contributed by atoms with Crippen molar-refractivity contribution in [3.8, 4) is 0 Å². The van der Waals surface area contributed by atoms with Gasteiger partial charge in [-0.2, -0.15) is 0 Å². The number of nitrogens with zero attached hydrogens (tertiary/aromatic N) is 1. The summed E-state index contributed by atoms with van der Waals surface area (Å²) in [6, 6.07) is 0. The van der Waals surface area contributed by atoms with Crippen LogP contribution >= 0.6 is 0 Å². The van der Waals surface area contributed by atoms with Crippen molar-refractivity contribution in [3.63, 3.8) is 0 Å². The molecule has 0 rings (SSSR count). The van der Waals surface area contributed by atoms with E-state index in [0.29, 0.717) is 0 Å². The number of carbonyl (C=O) groups excluding carboxylic acids is 1. The van der Waals surface area contributed by atoms with E-state index in [9.17, 15) is 9.59 Å².